The van der Waals surface area contributed by atoms with Crippen LogP contribution >= 0.6 is 0 Å². The lowest BCUT2D eigenvalue weighted by molar-refractivity contribution is 0.128. The Bertz CT molecular complexity index is 443. The average Bonchev–Trinajstić information content (AvgIpc) is 2.76. The Labute approximate surface area is 129 Å². The summed E-state index contributed by atoms with van der Waals surface area (Å²) >= 11 is 0. The second-order valence-electron chi connectivity index (χ2n) is 6.44. The molecule has 0 radical (unpaired) electrons. The van der Waals surface area contributed by atoms with Crippen molar-refractivity contribution >= 4 is 0 Å². The van der Waals surface area contributed by atoms with Crippen LogP contribution in [0.5, 0.6) is 5.75 Å². The Morgan fingerprint density at radius 1 is 1.24 bits per heavy atom. The van der Waals surface area contributed by atoms with Crippen LogP contribution < -0.4 is 10.1 Å². The van der Waals surface area contributed by atoms with Gasteiger partial charge in [0.1, 0.15) is 11.4 Å². The lowest BCUT2D eigenvalue weighted by Crippen LogP contribution is -2.25. The fourth-order valence-corrected chi connectivity index (χ4v) is 2.69. The van der Waals surface area contributed by atoms with Gasteiger partial charge >= 0.3 is 0 Å². The molecule has 0 aromatic heterocycles. The van der Waals surface area contributed by atoms with Crippen molar-refractivity contribution in [1.29, 1.82) is 0 Å². The Hall–Kier alpha value is -1.06. The molecular formula is C18H29NO2. The monoisotopic (exact) mass is 291 g/mol. The summed E-state index contributed by atoms with van der Waals surface area (Å²) in [5, 5.41) is 3.49. The van der Waals surface area contributed by atoms with Crippen molar-refractivity contribution in [3.8, 4) is 5.75 Å². The summed E-state index contributed by atoms with van der Waals surface area (Å²) in [4.78, 5) is 0. The molecule has 0 spiro atoms. The van der Waals surface area contributed by atoms with E-state index in [1.807, 2.05) is 0 Å². The number of rotatable bonds is 9. The van der Waals surface area contributed by atoms with E-state index in [4.69, 9.17) is 9.47 Å². The molecule has 0 amide bonds. The number of benzene rings is 1. The van der Waals surface area contributed by atoms with Crippen molar-refractivity contribution in [2.24, 2.45) is 0 Å². The highest BCUT2D eigenvalue weighted by Crippen LogP contribution is 2.37. The minimum atomic E-state index is -0.0639. The summed E-state index contributed by atoms with van der Waals surface area (Å²) < 4.78 is 11.6. The molecule has 0 unspecified atom stereocenters. The van der Waals surface area contributed by atoms with Gasteiger partial charge in [-0.2, -0.15) is 0 Å². The van der Waals surface area contributed by atoms with Crippen molar-refractivity contribution in [2.75, 3.05) is 19.8 Å². The molecule has 1 N–H and O–H groups in total. The number of unbranched alkanes of at least 4 members (excludes halogenated alkanes) is 1. The molecule has 3 heteroatoms. The van der Waals surface area contributed by atoms with Crippen LogP contribution in [0.4, 0.5) is 0 Å². The van der Waals surface area contributed by atoms with Gasteiger partial charge in [0.2, 0.25) is 0 Å². The Morgan fingerprint density at radius 3 is 2.86 bits per heavy atom. The molecule has 1 aromatic rings. The molecule has 1 aliphatic heterocycles. The van der Waals surface area contributed by atoms with Crippen LogP contribution in [0.15, 0.2) is 18.2 Å². The maximum atomic E-state index is 6.08. The highest BCUT2D eigenvalue weighted by molar-refractivity contribution is 5.45. The first kappa shape index (κ1) is 16.3. The van der Waals surface area contributed by atoms with Crippen LogP contribution in [0.25, 0.3) is 0 Å². The molecule has 0 bridgehead atoms. The summed E-state index contributed by atoms with van der Waals surface area (Å²) in [5.74, 6) is 1.09. The molecule has 1 aromatic carbocycles. The van der Waals surface area contributed by atoms with E-state index in [1.54, 1.807) is 0 Å². The summed E-state index contributed by atoms with van der Waals surface area (Å²) in [5.41, 5.74) is 2.54. The number of hydrogen-bond donors (Lipinski definition) is 1. The molecule has 0 saturated carbocycles. The summed E-state index contributed by atoms with van der Waals surface area (Å²) in [7, 11) is 0. The molecule has 21 heavy (non-hydrogen) atoms. The molecule has 0 fully saturated rings. The van der Waals surface area contributed by atoms with E-state index in [-0.39, 0.29) is 5.60 Å². The van der Waals surface area contributed by atoms with Gasteiger partial charge in [-0.25, -0.2) is 0 Å². The van der Waals surface area contributed by atoms with Gasteiger partial charge in [0, 0.05) is 31.7 Å². The third-order valence-corrected chi connectivity index (χ3v) is 3.77. The summed E-state index contributed by atoms with van der Waals surface area (Å²) in [6.07, 6.45) is 4.43. The predicted octanol–water partition coefficient (Wildman–Crippen LogP) is 3.70. The van der Waals surface area contributed by atoms with Crippen molar-refractivity contribution in [2.45, 2.75) is 58.6 Å². The van der Waals surface area contributed by atoms with Crippen LogP contribution in [0.2, 0.25) is 0 Å². The average molecular weight is 291 g/mol. The second kappa shape index (κ2) is 7.81. The molecular weight excluding hydrogens is 262 g/mol. The second-order valence-corrected chi connectivity index (χ2v) is 6.44. The highest BCUT2D eigenvalue weighted by atomic mass is 16.5. The third kappa shape index (κ3) is 5.01. The van der Waals surface area contributed by atoms with Gasteiger partial charge in [-0.3, -0.25) is 0 Å². The number of ether oxygens (including phenoxy) is 2. The first-order chi connectivity index (χ1) is 10.1. The van der Waals surface area contributed by atoms with E-state index < -0.39 is 0 Å². The first-order valence-electron chi connectivity index (χ1n) is 8.20. The number of hydrogen-bond acceptors (Lipinski definition) is 3. The fraction of sp³-hybridized carbons (Fsp3) is 0.667. The summed E-state index contributed by atoms with van der Waals surface area (Å²) in [6.45, 7) is 10.1. The fourth-order valence-electron chi connectivity index (χ4n) is 2.69. The van der Waals surface area contributed by atoms with E-state index in [0.29, 0.717) is 0 Å². The van der Waals surface area contributed by atoms with Gasteiger partial charge in [0.05, 0.1) is 0 Å². The number of para-hydroxylation sites is 1. The van der Waals surface area contributed by atoms with Gasteiger partial charge < -0.3 is 14.8 Å². The number of nitrogens with one attached hydrogen (secondary N) is 1. The maximum Gasteiger partial charge on any atom is 0.127 e. The quantitative estimate of drug-likeness (QED) is 0.704. The predicted molar refractivity (Wildman–Crippen MR) is 86.9 cm³/mol. The Balaban J connectivity index is 1.70. The molecule has 118 valence electrons. The zero-order valence-corrected chi connectivity index (χ0v) is 13.7. The number of fused-ring (bicyclic) bond motifs is 1. The Morgan fingerprint density at radius 2 is 2.05 bits per heavy atom. The van der Waals surface area contributed by atoms with E-state index in [9.17, 15) is 0 Å². The zero-order chi connectivity index (χ0) is 15.1. The van der Waals surface area contributed by atoms with Crippen molar-refractivity contribution < 1.29 is 9.47 Å². The van der Waals surface area contributed by atoms with Crippen molar-refractivity contribution in [1.82, 2.24) is 5.32 Å². The largest absolute Gasteiger partial charge is 0.487 e. The van der Waals surface area contributed by atoms with Crippen LogP contribution in [-0.2, 0) is 17.7 Å². The summed E-state index contributed by atoms with van der Waals surface area (Å²) in [6, 6.07) is 6.47. The van der Waals surface area contributed by atoms with Crippen molar-refractivity contribution in [3.05, 3.63) is 29.3 Å². The van der Waals surface area contributed by atoms with Crippen LogP contribution in [-0.4, -0.2) is 25.4 Å². The van der Waals surface area contributed by atoms with Gasteiger partial charge in [0.25, 0.3) is 0 Å². The lowest BCUT2D eigenvalue weighted by atomic mass is 10.0. The first-order valence-corrected chi connectivity index (χ1v) is 8.20. The Kier molecular flexibility index (Phi) is 6.07. The van der Waals surface area contributed by atoms with Gasteiger partial charge in [0.15, 0.2) is 0 Å². The standard InChI is InChI=1S/C18H29NO2/c1-4-5-11-20-12-7-10-19-14-16-9-6-8-15-13-18(2,3)21-17(15)16/h6,8-9,19H,4-5,7,10-14H2,1-3H3. The van der Waals surface area contributed by atoms with E-state index >= 15 is 0 Å². The van der Waals surface area contributed by atoms with Crippen molar-refractivity contribution in [3.63, 3.8) is 0 Å². The molecule has 1 heterocycles. The van der Waals surface area contributed by atoms with Gasteiger partial charge in [-0.05, 0) is 38.8 Å². The molecule has 1 aliphatic rings. The van der Waals surface area contributed by atoms with E-state index in [2.05, 4.69) is 44.3 Å². The van der Waals surface area contributed by atoms with Crippen LogP contribution in [0.3, 0.4) is 0 Å². The lowest BCUT2D eigenvalue weighted by Gasteiger charge is -2.18. The van der Waals surface area contributed by atoms with Crippen LogP contribution in [0, 0.1) is 0 Å². The topological polar surface area (TPSA) is 30.5 Å². The maximum absolute atomic E-state index is 6.08. The smallest absolute Gasteiger partial charge is 0.127 e. The van der Waals surface area contributed by atoms with Gasteiger partial charge in [-0.15, -0.1) is 0 Å². The molecule has 2 rings (SSSR count). The zero-order valence-electron chi connectivity index (χ0n) is 13.7. The highest BCUT2D eigenvalue weighted by Gasteiger charge is 2.31. The normalized spacial score (nSPS) is 15.8. The minimum absolute atomic E-state index is 0.0639. The molecule has 0 aliphatic carbocycles. The molecule has 0 saturated heterocycles. The third-order valence-electron chi connectivity index (χ3n) is 3.77. The van der Waals surface area contributed by atoms with Gasteiger partial charge in [-0.1, -0.05) is 31.5 Å². The molecule has 3 nitrogen and oxygen atoms in total. The SMILES string of the molecule is CCCCOCCCNCc1cccc2c1OC(C)(C)C2. The van der Waals surface area contributed by atoms with E-state index in [1.165, 1.54) is 17.5 Å². The van der Waals surface area contributed by atoms with E-state index in [0.717, 1.165) is 51.3 Å². The van der Waals surface area contributed by atoms with Crippen LogP contribution in [0.1, 0.15) is 51.2 Å². The molecule has 0 atom stereocenters. The minimum Gasteiger partial charge on any atom is -0.487 e.